The van der Waals surface area contributed by atoms with Gasteiger partial charge in [-0.15, -0.1) is 24.0 Å². The fourth-order valence-electron chi connectivity index (χ4n) is 5.87. The Morgan fingerprint density at radius 3 is 2.62 bits per heavy atom. The molecule has 0 radical (unpaired) electrons. The van der Waals surface area contributed by atoms with Gasteiger partial charge in [-0.25, -0.2) is 4.98 Å². The molecule has 7 heteroatoms. The molecule has 2 saturated heterocycles. The predicted molar refractivity (Wildman–Crippen MR) is 127 cm³/mol. The largest absolute Gasteiger partial charge is 0.377 e. The average molecular weight is 511 g/mol. The second kappa shape index (κ2) is 8.57. The molecule has 1 spiro atoms. The minimum atomic E-state index is 0. The molecule has 1 aromatic rings. The third kappa shape index (κ3) is 3.73. The topological polar surface area (TPSA) is 61.8 Å². The summed E-state index contributed by atoms with van der Waals surface area (Å²) in [5.41, 5.74) is 1.60. The summed E-state index contributed by atoms with van der Waals surface area (Å²) >= 11 is 0. The Morgan fingerprint density at radius 2 is 2.00 bits per heavy atom. The second-order valence-corrected chi connectivity index (χ2v) is 9.12. The van der Waals surface area contributed by atoms with E-state index in [1.54, 1.807) is 0 Å². The minimum Gasteiger partial charge on any atom is -0.377 e. The summed E-state index contributed by atoms with van der Waals surface area (Å²) in [5.74, 6) is 2.75. The Morgan fingerprint density at radius 1 is 1.21 bits per heavy atom. The lowest BCUT2D eigenvalue weighted by atomic mass is 9.46. The number of ether oxygens (including phenoxy) is 1. The average Bonchev–Trinajstić information content (AvgIpc) is 3.10. The number of hydrogen-bond donors (Lipinski definition) is 2. The van der Waals surface area contributed by atoms with Crippen molar-refractivity contribution in [3.8, 4) is 0 Å². The van der Waals surface area contributed by atoms with E-state index < -0.39 is 0 Å². The maximum absolute atomic E-state index is 6.05. The molecule has 2 aliphatic heterocycles. The van der Waals surface area contributed by atoms with Gasteiger partial charge in [-0.2, -0.15) is 0 Å². The molecular weight excluding hydrogens is 477 g/mol. The fourth-order valence-corrected chi connectivity index (χ4v) is 5.87. The molecule has 3 unspecified atom stereocenters. The number of halogens is 1. The molecule has 0 bridgehead atoms. The van der Waals surface area contributed by atoms with Crippen LogP contribution in [0.1, 0.15) is 44.1 Å². The van der Waals surface area contributed by atoms with Crippen molar-refractivity contribution in [3.05, 3.63) is 23.9 Å². The van der Waals surface area contributed by atoms with Crippen molar-refractivity contribution in [1.29, 1.82) is 0 Å². The number of piperidine rings is 1. The van der Waals surface area contributed by atoms with Crippen molar-refractivity contribution in [2.75, 3.05) is 31.6 Å². The minimum absolute atomic E-state index is 0. The Labute approximate surface area is 191 Å². The van der Waals surface area contributed by atoms with E-state index in [9.17, 15) is 0 Å². The van der Waals surface area contributed by atoms with Crippen molar-refractivity contribution in [2.45, 2.75) is 63.6 Å². The van der Waals surface area contributed by atoms with E-state index in [0.29, 0.717) is 29.5 Å². The molecule has 0 aromatic carbocycles. The SMILES string of the molecule is CN=C(NC1CCN(c2ccc(C)cn2)CC1)NC1C2CCOC2C12CCC2.I. The second-order valence-electron chi connectivity index (χ2n) is 9.12. The zero-order valence-electron chi connectivity index (χ0n) is 17.6. The van der Waals surface area contributed by atoms with Crippen LogP contribution < -0.4 is 15.5 Å². The molecule has 1 aromatic heterocycles. The number of pyridine rings is 1. The van der Waals surface area contributed by atoms with E-state index >= 15 is 0 Å². The number of fused-ring (bicyclic) bond motifs is 2. The molecule has 2 saturated carbocycles. The summed E-state index contributed by atoms with van der Waals surface area (Å²) < 4.78 is 6.05. The highest BCUT2D eigenvalue weighted by atomic mass is 127. The normalized spacial score (nSPS) is 30.8. The number of aryl methyl sites for hydroxylation is 1. The van der Waals surface area contributed by atoms with Crippen LogP contribution in [0.15, 0.2) is 23.3 Å². The summed E-state index contributed by atoms with van der Waals surface area (Å²) in [6.07, 6.45) is 9.85. The number of nitrogens with zero attached hydrogens (tertiary/aromatic N) is 3. The number of anilines is 1. The van der Waals surface area contributed by atoms with Gasteiger partial charge in [0.25, 0.3) is 0 Å². The predicted octanol–water partition coefficient (Wildman–Crippen LogP) is 3.10. The molecular formula is C22H34IN5O. The Bertz CT molecular complexity index is 727. The fraction of sp³-hybridized carbons (Fsp3) is 0.727. The van der Waals surface area contributed by atoms with Gasteiger partial charge in [0, 0.05) is 56.4 Å². The Kier molecular flexibility index (Phi) is 6.25. The lowest BCUT2D eigenvalue weighted by Gasteiger charge is -2.63. The molecule has 29 heavy (non-hydrogen) atoms. The molecule has 4 fully saturated rings. The first kappa shape index (κ1) is 21.2. The number of rotatable bonds is 3. The van der Waals surface area contributed by atoms with Crippen LogP contribution in [0, 0.1) is 18.3 Å². The van der Waals surface area contributed by atoms with E-state index in [-0.39, 0.29) is 24.0 Å². The first-order chi connectivity index (χ1) is 13.7. The first-order valence-electron chi connectivity index (χ1n) is 11.0. The van der Waals surface area contributed by atoms with Crippen LogP contribution in [0.2, 0.25) is 0 Å². The Balaban J connectivity index is 0.00000205. The summed E-state index contributed by atoms with van der Waals surface area (Å²) in [7, 11) is 1.90. The van der Waals surface area contributed by atoms with Crippen LogP contribution in [-0.2, 0) is 4.74 Å². The van der Waals surface area contributed by atoms with Crippen molar-refractivity contribution < 1.29 is 4.74 Å². The summed E-state index contributed by atoms with van der Waals surface area (Å²) in [5, 5.41) is 7.50. The van der Waals surface area contributed by atoms with E-state index in [0.717, 1.165) is 44.3 Å². The van der Waals surface area contributed by atoms with Gasteiger partial charge in [0.15, 0.2) is 5.96 Å². The molecule has 2 N–H and O–H groups in total. The molecule has 4 aliphatic rings. The van der Waals surface area contributed by atoms with E-state index in [4.69, 9.17) is 4.74 Å². The van der Waals surface area contributed by atoms with Gasteiger partial charge in [-0.05, 0) is 50.7 Å². The lowest BCUT2D eigenvalue weighted by Crippen LogP contribution is -2.72. The molecule has 3 heterocycles. The number of aromatic nitrogens is 1. The molecule has 160 valence electrons. The van der Waals surface area contributed by atoms with Crippen LogP contribution in [0.3, 0.4) is 0 Å². The molecule has 5 rings (SSSR count). The smallest absolute Gasteiger partial charge is 0.191 e. The number of nitrogens with one attached hydrogen (secondary N) is 2. The zero-order valence-corrected chi connectivity index (χ0v) is 19.9. The van der Waals surface area contributed by atoms with Crippen molar-refractivity contribution in [3.63, 3.8) is 0 Å². The monoisotopic (exact) mass is 511 g/mol. The Hall–Kier alpha value is -1.09. The summed E-state index contributed by atoms with van der Waals surface area (Å²) in [4.78, 5) is 11.5. The van der Waals surface area contributed by atoms with E-state index in [1.807, 2.05) is 13.2 Å². The van der Waals surface area contributed by atoms with Gasteiger partial charge >= 0.3 is 0 Å². The molecule has 6 nitrogen and oxygen atoms in total. The summed E-state index contributed by atoms with van der Waals surface area (Å²) in [6, 6.07) is 5.30. The lowest BCUT2D eigenvalue weighted by molar-refractivity contribution is -0.171. The maximum Gasteiger partial charge on any atom is 0.191 e. The third-order valence-electron chi connectivity index (χ3n) is 7.61. The van der Waals surface area contributed by atoms with Crippen LogP contribution in [-0.4, -0.2) is 55.9 Å². The van der Waals surface area contributed by atoms with Crippen LogP contribution >= 0.6 is 24.0 Å². The quantitative estimate of drug-likeness (QED) is 0.371. The maximum atomic E-state index is 6.05. The third-order valence-corrected chi connectivity index (χ3v) is 7.61. The molecule has 0 amide bonds. The highest BCUT2D eigenvalue weighted by Crippen LogP contribution is 2.62. The van der Waals surface area contributed by atoms with Crippen molar-refractivity contribution in [2.24, 2.45) is 16.3 Å². The van der Waals surface area contributed by atoms with Gasteiger partial charge < -0.3 is 20.3 Å². The molecule has 2 aliphatic carbocycles. The number of hydrogen-bond acceptors (Lipinski definition) is 4. The highest BCUT2D eigenvalue weighted by Gasteiger charge is 2.66. The number of guanidine groups is 1. The summed E-state index contributed by atoms with van der Waals surface area (Å²) in [6.45, 7) is 5.10. The van der Waals surface area contributed by atoms with Crippen LogP contribution in [0.5, 0.6) is 0 Å². The van der Waals surface area contributed by atoms with Gasteiger partial charge in [0.2, 0.25) is 0 Å². The van der Waals surface area contributed by atoms with Gasteiger partial charge in [0.05, 0.1) is 6.10 Å². The highest BCUT2D eigenvalue weighted by molar-refractivity contribution is 14.0. The van der Waals surface area contributed by atoms with Crippen molar-refractivity contribution >= 4 is 35.8 Å². The van der Waals surface area contributed by atoms with Gasteiger partial charge in [-0.1, -0.05) is 12.5 Å². The van der Waals surface area contributed by atoms with E-state index in [2.05, 4.69) is 44.6 Å². The van der Waals surface area contributed by atoms with E-state index in [1.165, 1.54) is 31.2 Å². The first-order valence-corrected chi connectivity index (χ1v) is 11.0. The van der Waals surface area contributed by atoms with Crippen molar-refractivity contribution in [1.82, 2.24) is 15.6 Å². The van der Waals surface area contributed by atoms with Gasteiger partial charge in [-0.3, -0.25) is 4.99 Å². The molecule has 3 atom stereocenters. The standard InChI is InChI=1S/C22H33N5O.HI/c1-15-4-5-18(24-14-15)27-11-6-16(7-12-27)25-21(23-2)26-19-17-8-13-28-20(17)22(19)9-3-10-22;/h4-5,14,16-17,19-20H,3,6-13H2,1-2H3,(H2,23,25,26);1H. The van der Waals surface area contributed by atoms with Crippen LogP contribution in [0.25, 0.3) is 0 Å². The van der Waals surface area contributed by atoms with Gasteiger partial charge in [0.1, 0.15) is 5.82 Å². The number of aliphatic imine (C=N–C) groups is 1. The van der Waals surface area contributed by atoms with Crippen LogP contribution in [0.4, 0.5) is 5.82 Å². The zero-order chi connectivity index (χ0) is 19.1.